The summed E-state index contributed by atoms with van der Waals surface area (Å²) in [7, 11) is 0. The number of hydrogen-bond acceptors (Lipinski definition) is 5. The third kappa shape index (κ3) is 5.54. The summed E-state index contributed by atoms with van der Waals surface area (Å²) in [4.78, 5) is 21.2. The molecule has 0 saturated heterocycles. The molecule has 0 aliphatic carbocycles. The maximum atomic E-state index is 12.6. The van der Waals surface area contributed by atoms with Crippen LogP contribution in [0.5, 0.6) is 5.75 Å². The van der Waals surface area contributed by atoms with Crippen molar-refractivity contribution < 1.29 is 9.53 Å². The Morgan fingerprint density at radius 2 is 1.79 bits per heavy atom. The Morgan fingerprint density at radius 3 is 2.50 bits per heavy atom. The fourth-order valence-electron chi connectivity index (χ4n) is 2.75. The first-order valence-electron chi connectivity index (χ1n) is 9.31. The number of carbonyl (C=O) groups excluding carboxylic acids is 1. The van der Waals surface area contributed by atoms with Gasteiger partial charge in [0.15, 0.2) is 0 Å². The van der Waals surface area contributed by atoms with Crippen molar-refractivity contribution in [2.75, 3.05) is 23.8 Å². The second kappa shape index (κ2) is 9.50. The van der Waals surface area contributed by atoms with E-state index < -0.39 is 0 Å². The predicted octanol–water partition coefficient (Wildman–Crippen LogP) is 4.09. The Morgan fingerprint density at radius 1 is 1.04 bits per heavy atom. The average molecular weight is 376 g/mol. The monoisotopic (exact) mass is 376 g/mol. The minimum Gasteiger partial charge on any atom is -0.494 e. The molecule has 0 aliphatic rings. The Hall–Kier alpha value is -3.41. The molecule has 0 unspecified atom stereocenters. The highest BCUT2D eigenvalue weighted by Gasteiger charge is 2.11. The molecule has 6 heteroatoms. The number of anilines is 2. The van der Waals surface area contributed by atoms with Crippen LogP contribution < -0.4 is 15.4 Å². The molecule has 2 N–H and O–H groups in total. The van der Waals surface area contributed by atoms with Gasteiger partial charge in [0, 0.05) is 18.3 Å². The van der Waals surface area contributed by atoms with E-state index in [4.69, 9.17) is 4.74 Å². The molecule has 28 heavy (non-hydrogen) atoms. The summed E-state index contributed by atoms with van der Waals surface area (Å²) in [6.07, 6.45) is 0.873. The Labute approximate surface area is 165 Å². The van der Waals surface area contributed by atoms with Crippen LogP contribution in [0.2, 0.25) is 0 Å². The number of carbonyl (C=O) groups is 1. The van der Waals surface area contributed by atoms with Gasteiger partial charge >= 0.3 is 0 Å². The molecule has 2 aromatic carbocycles. The number of aryl methyl sites for hydroxylation is 1. The zero-order valence-corrected chi connectivity index (χ0v) is 16.1. The molecule has 0 spiro atoms. The highest BCUT2D eigenvalue weighted by atomic mass is 16.5. The first-order chi connectivity index (χ1) is 13.6. The number of nitrogens with one attached hydrogen (secondary N) is 2. The Balaban J connectivity index is 1.62. The lowest BCUT2D eigenvalue weighted by atomic mass is 10.1. The molecule has 0 atom stereocenters. The number of amides is 1. The molecule has 0 bridgehead atoms. The van der Waals surface area contributed by atoms with Crippen LogP contribution in [0.1, 0.15) is 28.8 Å². The van der Waals surface area contributed by atoms with Crippen LogP contribution in [0.15, 0.2) is 60.7 Å². The van der Waals surface area contributed by atoms with Crippen molar-refractivity contribution in [3.63, 3.8) is 0 Å². The highest BCUT2D eigenvalue weighted by Crippen LogP contribution is 2.17. The minimum absolute atomic E-state index is 0.277. The van der Waals surface area contributed by atoms with Crippen LogP contribution in [0.3, 0.4) is 0 Å². The van der Waals surface area contributed by atoms with E-state index in [0.717, 1.165) is 18.7 Å². The number of benzene rings is 2. The zero-order chi connectivity index (χ0) is 19.8. The van der Waals surface area contributed by atoms with Crippen molar-refractivity contribution in [3.8, 4) is 5.75 Å². The summed E-state index contributed by atoms with van der Waals surface area (Å²) in [5, 5.41) is 6.12. The van der Waals surface area contributed by atoms with Crippen molar-refractivity contribution in [2.24, 2.45) is 0 Å². The van der Waals surface area contributed by atoms with Gasteiger partial charge in [0.2, 0.25) is 0 Å². The molecule has 3 rings (SSSR count). The second-order valence-electron chi connectivity index (χ2n) is 6.26. The summed E-state index contributed by atoms with van der Waals surface area (Å²) in [6, 6.07) is 19.1. The maximum Gasteiger partial charge on any atom is 0.274 e. The molecule has 0 saturated carbocycles. The standard InChI is InChI=1S/C22H24N4O2/c1-3-28-19-11-9-18(10-12-19)26-22(27)20-15-21(25-16(2)24-20)23-14-13-17-7-5-4-6-8-17/h4-12,15H,3,13-14H2,1-2H3,(H,26,27)(H,23,24,25). The van der Waals surface area contributed by atoms with Crippen LogP contribution in [-0.4, -0.2) is 29.0 Å². The fraction of sp³-hybridized carbons (Fsp3) is 0.227. The van der Waals surface area contributed by atoms with E-state index in [1.807, 2.05) is 37.3 Å². The van der Waals surface area contributed by atoms with Crippen molar-refractivity contribution in [3.05, 3.63) is 77.7 Å². The highest BCUT2D eigenvalue weighted by molar-refractivity contribution is 6.03. The molecular formula is C22H24N4O2. The second-order valence-corrected chi connectivity index (χ2v) is 6.26. The fourth-order valence-corrected chi connectivity index (χ4v) is 2.75. The van der Waals surface area contributed by atoms with Crippen LogP contribution in [0, 0.1) is 6.92 Å². The van der Waals surface area contributed by atoms with Gasteiger partial charge in [-0.05, 0) is 50.1 Å². The van der Waals surface area contributed by atoms with Crippen LogP contribution in [0.4, 0.5) is 11.5 Å². The first-order valence-corrected chi connectivity index (χ1v) is 9.31. The van der Waals surface area contributed by atoms with Crippen molar-refractivity contribution in [1.29, 1.82) is 0 Å². The molecule has 1 amide bonds. The summed E-state index contributed by atoms with van der Waals surface area (Å²) in [5.41, 5.74) is 2.25. The van der Waals surface area contributed by atoms with E-state index in [9.17, 15) is 4.79 Å². The summed E-state index contributed by atoms with van der Waals surface area (Å²) in [5.74, 6) is 1.67. The smallest absolute Gasteiger partial charge is 0.274 e. The minimum atomic E-state index is -0.277. The van der Waals surface area contributed by atoms with E-state index in [-0.39, 0.29) is 5.91 Å². The van der Waals surface area contributed by atoms with E-state index in [1.54, 1.807) is 25.1 Å². The summed E-state index contributed by atoms with van der Waals surface area (Å²) < 4.78 is 5.41. The van der Waals surface area contributed by atoms with Crippen molar-refractivity contribution in [2.45, 2.75) is 20.3 Å². The van der Waals surface area contributed by atoms with Gasteiger partial charge in [-0.2, -0.15) is 0 Å². The van der Waals surface area contributed by atoms with Crippen molar-refractivity contribution >= 4 is 17.4 Å². The third-order valence-corrected chi connectivity index (χ3v) is 4.06. The van der Waals surface area contributed by atoms with Gasteiger partial charge in [0.1, 0.15) is 23.1 Å². The SMILES string of the molecule is CCOc1ccc(NC(=O)c2cc(NCCc3ccccc3)nc(C)n2)cc1. The van der Waals surface area contributed by atoms with E-state index in [1.165, 1.54) is 5.56 Å². The predicted molar refractivity (Wildman–Crippen MR) is 111 cm³/mol. The number of hydrogen-bond donors (Lipinski definition) is 2. The van der Waals surface area contributed by atoms with Crippen LogP contribution in [-0.2, 0) is 6.42 Å². The summed E-state index contributed by atoms with van der Waals surface area (Å²) in [6.45, 7) is 5.03. The van der Waals surface area contributed by atoms with E-state index >= 15 is 0 Å². The first kappa shape index (κ1) is 19.4. The number of ether oxygens (including phenoxy) is 1. The molecule has 0 radical (unpaired) electrons. The Bertz CT molecular complexity index is 912. The lowest BCUT2D eigenvalue weighted by molar-refractivity contribution is 0.102. The number of aromatic nitrogens is 2. The van der Waals surface area contributed by atoms with Gasteiger partial charge in [-0.3, -0.25) is 4.79 Å². The maximum absolute atomic E-state index is 12.6. The molecule has 1 aromatic heterocycles. The van der Waals surface area contributed by atoms with Gasteiger partial charge in [0.25, 0.3) is 5.91 Å². The largest absolute Gasteiger partial charge is 0.494 e. The normalized spacial score (nSPS) is 10.4. The number of nitrogens with zero attached hydrogens (tertiary/aromatic N) is 2. The lowest BCUT2D eigenvalue weighted by Crippen LogP contribution is -2.16. The molecule has 1 heterocycles. The van der Waals surface area contributed by atoms with Gasteiger partial charge in [0.05, 0.1) is 6.61 Å². The topological polar surface area (TPSA) is 76.1 Å². The molecule has 144 valence electrons. The van der Waals surface area contributed by atoms with Gasteiger partial charge in [-0.15, -0.1) is 0 Å². The molecule has 3 aromatic rings. The molecular weight excluding hydrogens is 352 g/mol. The van der Waals surface area contributed by atoms with Crippen molar-refractivity contribution in [1.82, 2.24) is 9.97 Å². The van der Waals surface area contributed by atoms with Crippen LogP contribution >= 0.6 is 0 Å². The zero-order valence-electron chi connectivity index (χ0n) is 16.1. The van der Waals surface area contributed by atoms with E-state index in [2.05, 4.69) is 32.7 Å². The molecule has 0 aliphatic heterocycles. The molecule has 6 nitrogen and oxygen atoms in total. The van der Waals surface area contributed by atoms with Crippen LogP contribution in [0.25, 0.3) is 0 Å². The van der Waals surface area contributed by atoms with Gasteiger partial charge in [-0.25, -0.2) is 9.97 Å². The Kier molecular flexibility index (Phi) is 6.57. The lowest BCUT2D eigenvalue weighted by Gasteiger charge is -2.10. The van der Waals surface area contributed by atoms with Gasteiger partial charge < -0.3 is 15.4 Å². The molecule has 0 fully saturated rings. The third-order valence-electron chi connectivity index (χ3n) is 4.06. The van der Waals surface area contributed by atoms with E-state index in [0.29, 0.717) is 29.6 Å². The quantitative estimate of drug-likeness (QED) is 0.619. The van der Waals surface area contributed by atoms with Gasteiger partial charge in [-0.1, -0.05) is 30.3 Å². The number of rotatable bonds is 8. The average Bonchev–Trinajstić information content (AvgIpc) is 2.70. The summed E-state index contributed by atoms with van der Waals surface area (Å²) >= 11 is 0.